The van der Waals surface area contributed by atoms with Crippen LogP contribution in [-0.4, -0.2) is 247 Å². The molecule has 516 valence electrons. The van der Waals surface area contributed by atoms with Crippen LogP contribution in [0.3, 0.4) is 0 Å². The van der Waals surface area contributed by atoms with Crippen molar-refractivity contribution in [3.05, 3.63) is 53.6 Å². The topological polar surface area (TPSA) is 413 Å². The molecule has 12 N–H and O–H groups in total. The average molecular weight is 1310 g/mol. The molecule has 29 atom stereocenters. The van der Waals surface area contributed by atoms with E-state index in [1.807, 2.05) is 58.0 Å². The Kier molecular flexibility index (Phi) is 20.5. The van der Waals surface area contributed by atoms with Crippen LogP contribution in [0.25, 0.3) is 6.08 Å². The number of aliphatic carboxylic acids is 1. The fourth-order valence-corrected chi connectivity index (χ4v) is 18.0. The second kappa shape index (κ2) is 26.7. The molecule has 1 aromatic carbocycles. The lowest BCUT2D eigenvalue weighted by molar-refractivity contribution is -0.399. The van der Waals surface area contributed by atoms with Crippen molar-refractivity contribution in [2.24, 2.45) is 50.2 Å². The van der Waals surface area contributed by atoms with Crippen molar-refractivity contribution in [1.82, 2.24) is 0 Å². The Morgan fingerprint density at radius 1 is 0.609 bits per heavy atom. The zero-order chi connectivity index (χ0) is 67.1. The molecule has 10 rings (SSSR count). The van der Waals surface area contributed by atoms with Crippen LogP contribution in [0.15, 0.2) is 48.1 Å². The molecule has 4 aliphatic heterocycles. The second-order valence-electron chi connectivity index (χ2n) is 29.0. The summed E-state index contributed by atoms with van der Waals surface area (Å²) in [5.41, 5.74) is -3.11. The molecule has 27 nitrogen and oxygen atoms in total. The van der Waals surface area contributed by atoms with Crippen LogP contribution in [0.1, 0.15) is 113 Å². The third kappa shape index (κ3) is 12.3. The van der Waals surface area contributed by atoms with Crippen LogP contribution in [0.4, 0.5) is 0 Å². The smallest absolute Gasteiger partial charge is 0.335 e. The number of aliphatic hydroxyl groups is 11. The van der Waals surface area contributed by atoms with Gasteiger partial charge in [-0.2, -0.15) is 0 Å². The molecule has 4 heterocycles. The Morgan fingerprint density at radius 2 is 1.24 bits per heavy atom. The summed E-state index contributed by atoms with van der Waals surface area (Å²) in [7, 11) is 0. The van der Waals surface area contributed by atoms with E-state index in [0.717, 1.165) is 11.1 Å². The first-order chi connectivity index (χ1) is 43.2. The van der Waals surface area contributed by atoms with Crippen molar-refractivity contribution in [2.45, 2.75) is 242 Å². The molecule has 29 unspecified atom stereocenters. The number of ether oxygens (including phenoxy) is 11. The summed E-state index contributed by atoms with van der Waals surface area (Å²) in [6, 6.07) is 9.17. The van der Waals surface area contributed by atoms with Crippen molar-refractivity contribution in [1.29, 1.82) is 0 Å². The maximum absolute atomic E-state index is 13.8. The molecule has 9 aliphatic rings. The lowest BCUT2D eigenvalue weighted by atomic mass is 9.33. The number of fused-ring (bicyclic) bond motifs is 7. The molecular formula is C65H94O27. The number of carbonyl (C=O) groups is 4. The maximum atomic E-state index is 13.8. The van der Waals surface area contributed by atoms with E-state index >= 15 is 0 Å². The average Bonchev–Trinajstić information content (AvgIpc) is 0.668. The maximum Gasteiger partial charge on any atom is 0.335 e. The summed E-state index contributed by atoms with van der Waals surface area (Å²) >= 11 is 0. The highest BCUT2D eigenvalue weighted by Crippen LogP contribution is 2.76. The number of hydrogen-bond donors (Lipinski definition) is 12. The Balaban J connectivity index is 0.970. The van der Waals surface area contributed by atoms with Crippen LogP contribution in [0.5, 0.6) is 0 Å². The molecule has 5 aliphatic carbocycles. The number of rotatable bonds is 16. The minimum absolute atomic E-state index is 0.0567. The van der Waals surface area contributed by atoms with Gasteiger partial charge in [0.05, 0.1) is 37.9 Å². The van der Waals surface area contributed by atoms with Gasteiger partial charge in [0, 0.05) is 25.3 Å². The predicted octanol–water partition coefficient (Wildman–Crippen LogP) is 0.127. The molecule has 8 fully saturated rings. The van der Waals surface area contributed by atoms with Gasteiger partial charge < -0.3 is 113 Å². The summed E-state index contributed by atoms with van der Waals surface area (Å²) in [6.07, 6.45) is -29.7. The van der Waals surface area contributed by atoms with E-state index in [2.05, 4.69) is 26.8 Å². The van der Waals surface area contributed by atoms with E-state index in [1.165, 1.54) is 19.9 Å². The predicted molar refractivity (Wildman–Crippen MR) is 314 cm³/mol. The summed E-state index contributed by atoms with van der Waals surface area (Å²) in [5.74, 6) is -4.44. The van der Waals surface area contributed by atoms with E-state index in [4.69, 9.17) is 52.1 Å². The fourth-order valence-electron chi connectivity index (χ4n) is 18.0. The highest BCUT2D eigenvalue weighted by molar-refractivity contribution is 5.87. The van der Waals surface area contributed by atoms with Gasteiger partial charge in [0.25, 0.3) is 0 Å². The molecule has 4 saturated carbocycles. The second-order valence-corrected chi connectivity index (χ2v) is 29.0. The highest BCUT2D eigenvalue weighted by Gasteiger charge is 2.75. The summed E-state index contributed by atoms with van der Waals surface area (Å²) in [6.45, 7) is 14.6. The number of carboxylic acids is 1. The first kappa shape index (κ1) is 70.6. The zero-order valence-corrected chi connectivity index (χ0v) is 53.3. The normalized spacial score (nSPS) is 47.3. The molecule has 0 amide bonds. The van der Waals surface area contributed by atoms with Crippen LogP contribution in [0.2, 0.25) is 0 Å². The first-order valence-electron chi connectivity index (χ1n) is 31.9. The van der Waals surface area contributed by atoms with Gasteiger partial charge in [-0.25, -0.2) is 9.59 Å². The van der Waals surface area contributed by atoms with Crippen molar-refractivity contribution in [3.63, 3.8) is 0 Å². The lowest BCUT2D eigenvalue weighted by Gasteiger charge is -2.72. The van der Waals surface area contributed by atoms with Crippen molar-refractivity contribution < 1.29 is 133 Å². The van der Waals surface area contributed by atoms with Gasteiger partial charge in [-0.1, -0.05) is 90.4 Å². The van der Waals surface area contributed by atoms with Gasteiger partial charge >= 0.3 is 23.9 Å². The van der Waals surface area contributed by atoms with E-state index in [1.54, 1.807) is 6.08 Å². The van der Waals surface area contributed by atoms with Crippen molar-refractivity contribution in [3.8, 4) is 0 Å². The largest absolute Gasteiger partial charge is 0.479 e. The molecule has 27 heteroatoms. The Morgan fingerprint density at radius 3 is 1.88 bits per heavy atom. The Hall–Kier alpha value is -4.18. The summed E-state index contributed by atoms with van der Waals surface area (Å²) in [4.78, 5) is 53.9. The third-order valence-electron chi connectivity index (χ3n) is 23.0. The standard InChI is InChI=1S/C65H94O27/c1-29(68)84-40-24-64(9)32(33-23-60(3,4)53(54(85-30(2)69)65(33,40)28-67)88-41(72)18-15-31-13-11-10-12-14-31)16-17-38-62(7)21-20-39(61(5,6)37(62)19-22-63(38,64)8)87-59-52(92-57-47(78)45(76)44(75)36(25-66)86-57)49(48(79)50(90-59)55(80)81)89-58-51(43(74)35(71)27-83-58)91-56-46(77)42(73)34(70)26-82-56/h10-16,18,33-40,42-54,56-59,66-67,70-71,73-79H,17,19-28H2,1-9H3,(H,80,81)/b18-15+. The number of benzene rings is 1. The zero-order valence-electron chi connectivity index (χ0n) is 53.3. The molecule has 1 aromatic rings. The van der Waals surface area contributed by atoms with Gasteiger partial charge in [-0.3, -0.25) is 9.59 Å². The van der Waals surface area contributed by atoms with Crippen LogP contribution in [-0.2, 0) is 71.3 Å². The number of hydrogen-bond acceptors (Lipinski definition) is 26. The monoisotopic (exact) mass is 1310 g/mol. The third-order valence-corrected chi connectivity index (χ3v) is 23.0. The minimum Gasteiger partial charge on any atom is -0.479 e. The van der Waals surface area contributed by atoms with Crippen LogP contribution in [0, 0.1) is 50.2 Å². The van der Waals surface area contributed by atoms with Gasteiger partial charge in [-0.05, 0) is 96.0 Å². The number of carbonyl (C=O) groups excluding carboxylic acids is 3. The molecule has 4 saturated heterocycles. The number of esters is 3. The molecule has 0 radical (unpaired) electrons. The Labute approximate surface area is 533 Å². The minimum atomic E-state index is -2.23. The van der Waals surface area contributed by atoms with Crippen LogP contribution >= 0.6 is 0 Å². The van der Waals surface area contributed by atoms with Gasteiger partial charge in [-0.15, -0.1) is 0 Å². The van der Waals surface area contributed by atoms with Gasteiger partial charge in [0.15, 0.2) is 37.4 Å². The summed E-state index contributed by atoms with van der Waals surface area (Å²) in [5, 5.41) is 132. The first-order valence-corrected chi connectivity index (χ1v) is 31.9. The highest BCUT2D eigenvalue weighted by atomic mass is 16.8. The SMILES string of the molecule is CC(=O)OC1CC2(C)C(=CCC3C4(C)CCC(OC5OC(C(=O)O)C(O)C(OC6OCC(O)C(O)C6OC6OCC(O)C(O)C6O)C5OC5OC(CO)C(O)C(O)C5O)C(C)(C)C4CCC32C)C2CC(C)(C)C(OC(=O)/C=C/c3ccccc3)C(OC(C)=O)C12CO. The van der Waals surface area contributed by atoms with E-state index in [0.29, 0.717) is 38.5 Å². The molecule has 0 spiro atoms. The van der Waals surface area contributed by atoms with Crippen molar-refractivity contribution in [2.75, 3.05) is 26.4 Å². The summed E-state index contributed by atoms with van der Waals surface area (Å²) < 4.78 is 67.8. The fraction of sp³-hybridized carbons (Fsp3) is 0.785. The van der Waals surface area contributed by atoms with E-state index in [-0.39, 0.29) is 18.3 Å². The van der Waals surface area contributed by atoms with Gasteiger partial charge in [0.2, 0.25) is 0 Å². The Bertz CT molecular complexity index is 2870. The molecule has 0 aromatic heterocycles. The lowest BCUT2D eigenvalue weighted by Crippen LogP contribution is -2.73. The van der Waals surface area contributed by atoms with E-state index in [9.17, 15) is 80.5 Å². The van der Waals surface area contributed by atoms with Gasteiger partial charge in [0.1, 0.15) is 91.6 Å². The van der Waals surface area contributed by atoms with Crippen molar-refractivity contribution >= 4 is 30.0 Å². The quantitative estimate of drug-likeness (QED) is 0.0344. The molecule has 0 bridgehead atoms. The number of carboxylic acid groups (broad SMARTS) is 1. The van der Waals surface area contributed by atoms with Crippen LogP contribution < -0.4 is 0 Å². The molecule has 92 heavy (non-hydrogen) atoms. The molecular weight excluding hydrogens is 1210 g/mol. The number of allylic oxidation sites excluding steroid dienone is 2. The van der Waals surface area contributed by atoms with E-state index < -0.39 is 224 Å². The number of aliphatic hydroxyl groups excluding tert-OH is 11.